The summed E-state index contributed by atoms with van der Waals surface area (Å²) in [5.74, 6) is 2.17. The summed E-state index contributed by atoms with van der Waals surface area (Å²) in [4.78, 5) is 12.9. The van der Waals surface area contributed by atoms with Gasteiger partial charge in [-0.2, -0.15) is 0 Å². The van der Waals surface area contributed by atoms with Gasteiger partial charge in [-0.25, -0.2) is 0 Å². The number of non-ortho nitro benzene ring substituents is 1. The molecule has 2 atom stereocenters. The Labute approximate surface area is 117 Å². The first-order chi connectivity index (χ1) is 9.67. The Morgan fingerprint density at radius 3 is 2.70 bits per heavy atom. The Morgan fingerprint density at radius 2 is 2.10 bits per heavy atom. The molecule has 0 amide bonds. The van der Waals surface area contributed by atoms with Crippen LogP contribution in [0.1, 0.15) is 5.56 Å². The van der Waals surface area contributed by atoms with Crippen LogP contribution in [-0.4, -0.2) is 43.1 Å². The number of benzene rings is 1. The van der Waals surface area contributed by atoms with Crippen LogP contribution in [0.2, 0.25) is 0 Å². The Balaban J connectivity index is 1.76. The number of fused-ring (bicyclic) bond motifs is 1. The zero-order valence-corrected chi connectivity index (χ0v) is 11.5. The second kappa shape index (κ2) is 5.38. The number of ether oxygens (including phenoxy) is 1. The van der Waals surface area contributed by atoms with Crippen molar-refractivity contribution in [2.45, 2.75) is 6.54 Å². The van der Waals surface area contributed by atoms with Crippen molar-refractivity contribution in [1.29, 1.82) is 0 Å². The highest BCUT2D eigenvalue weighted by atomic mass is 16.6. The van der Waals surface area contributed by atoms with Crippen LogP contribution in [0.15, 0.2) is 18.2 Å². The van der Waals surface area contributed by atoms with Gasteiger partial charge in [-0.05, 0) is 31.0 Å². The number of hydrogen-bond donors (Lipinski definition) is 1. The quantitative estimate of drug-likeness (QED) is 0.663. The SMILES string of the molecule is COc1ccc([N+](=O)[O-])cc1CN1CC2CNCC2C1. The zero-order chi connectivity index (χ0) is 14.1. The van der Waals surface area contributed by atoms with E-state index in [1.54, 1.807) is 19.2 Å². The first-order valence-corrected chi connectivity index (χ1v) is 6.91. The lowest BCUT2D eigenvalue weighted by molar-refractivity contribution is -0.384. The fourth-order valence-electron chi connectivity index (χ4n) is 3.32. The molecule has 2 heterocycles. The monoisotopic (exact) mass is 277 g/mol. The summed E-state index contributed by atoms with van der Waals surface area (Å²) < 4.78 is 5.32. The minimum atomic E-state index is -0.356. The topological polar surface area (TPSA) is 67.6 Å². The molecule has 0 saturated carbocycles. The van der Waals surface area contributed by atoms with Gasteiger partial charge in [0.15, 0.2) is 0 Å². The molecule has 0 spiro atoms. The fraction of sp³-hybridized carbons (Fsp3) is 0.571. The molecule has 6 heteroatoms. The normalized spacial score (nSPS) is 25.6. The molecule has 2 fully saturated rings. The minimum Gasteiger partial charge on any atom is -0.496 e. The van der Waals surface area contributed by atoms with E-state index in [4.69, 9.17) is 4.74 Å². The number of nitrogens with one attached hydrogen (secondary N) is 1. The smallest absolute Gasteiger partial charge is 0.270 e. The van der Waals surface area contributed by atoms with Gasteiger partial charge in [-0.1, -0.05) is 0 Å². The summed E-state index contributed by atoms with van der Waals surface area (Å²) >= 11 is 0. The maximum absolute atomic E-state index is 10.9. The van der Waals surface area contributed by atoms with Gasteiger partial charge in [0, 0.05) is 37.3 Å². The molecule has 2 saturated heterocycles. The lowest BCUT2D eigenvalue weighted by Crippen LogP contribution is -2.25. The molecule has 0 aliphatic carbocycles. The molecule has 0 radical (unpaired) electrons. The summed E-state index contributed by atoms with van der Waals surface area (Å²) in [7, 11) is 1.60. The lowest BCUT2D eigenvalue weighted by atomic mass is 10.0. The van der Waals surface area contributed by atoms with Crippen molar-refractivity contribution >= 4 is 5.69 Å². The molecule has 1 aromatic carbocycles. The van der Waals surface area contributed by atoms with Crippen molar-refractivity contribution < 1.29 is 9.66 Å². The van der Waals surface area contributed by atoms with Crippen molar-refractivity contribution in [1.82, 2.24) is 10.2 Å². The molecule has 2 aliphatic rings. The van der Waals surface area contributed by atoms with Gasteiger partial charge in [0.25, 0.3) is 5.69 Å². The number of nitrogens with zero attached hydrogens (tertiary/aromatic N) is 2. The third kappa shape index (κ3) is 2.48. The van der Waals surface area contributed by atoms with Gasteiger partial charge in [0.05, 0.1) is 12.0 Å². The molecule has 6 nitrogen and oxygen atoms in total. The Morgan fingerprint density at radius 1 is 1.40 bits per heavy atom. The molecular weight excluding hydrogens is 258 g/mol. The predicted molar refractivity (Wildman–Crippen MR) is 74.8 cm³/mol. The number of rotatable bonds is 4. The van der Waals surface area contributed by atoms with Gasteiger partial charge in [0.2, 0.25) is 0 Å². The van der Waals surface area contributed by atoms with Gasteiger partial charge in [-0.3, -0.25) is 15.0 Å². The van der Waals surface area contributed by atoms with E-state index < -0.39 is 0 Å². The van der Waals surface area contributed by atoms with E-state index >= 15 is 0 Å². The largest absolute Gasteiger partial charge is 0.496 e. The highest BCUT2D eigenvalue weighted by Gasteiger charge is 2.36. The highest BCUT2D eigenvalue weighted by Crippen LogP contribution is 2.30. The summed E-state index contributed by atoms with van der Waals surface area (Å²) in [6, 6.07) is 4.81. The van der Waals surface area contributed by atoms with E-state index in [-0.39, 0.29) is 10.6 Å². The first kappa shape index (κ1) is 13.3. The molecule has 1 aromatic rings. The van der Waals surface area contributed by atoms with Crippen LogP contribution in [-0.2, 0) is 6.54 Å². The Bertz CT molecular complexity index is 508. The Hall–Kier alpha value is -1.66. The molecule has 2 aliphatic heterocycles. The maximum Gasteiger partial charge on any atom is 0.270 e. The van der Waals surface area contributed by atoms with E-state index in [1.807, 2.05) is 0 Å². The van der Waals surface area contributed by atoms with Crippen molar-refractivity contribution in [2.24, 2.45) is 11.8 Å². The van der Waals surface area contributed by atoms with Gasteiger partial charge in [-0.15, -0.1) is 0 Å². The van der Waals surface area contributed by atoms with Crippen molar-refractivity contribution in [3.8, 4) is 5.75 Å². The third-order valence-corrected chi connectivity index (χ3v) is 4.33. The number of likely N-dealkylation sites (tertiary alicyclic amines) is 1. The molecule has 108 valence electrons. The van der Waals surface area contributed by atoms with Crippen LogP contribution in [0.3, 0.4) is 0 Å². The van der Waals surface area contributed by atoms with Gasteiger partial charge in [0.1, 0.15) is 5.75 Å². The van der Waals surface area contributed by atoms with Crippen LogP contribution in [0.4, 0.5) is 5.69 Å². The minimum absolute atomic E-state index is 0.127. The number of nitro groups is 1. The van der Waals surface area contributed by atoms with Crippen LogP contribution in [0, 0.1) is 22.0 Å². The second-order valence-corrected chi connectivity index (χ2v) is 5.63. The van der Waals surface area contributed by atoms with Crippen LogP contribution in [0.25, 0.3) is 0 Å². The molecular formula is C14H19N3O3. The number of methoxy groups -OCH3 is 1. The van der Waals surface area contributed by atoms with E-state index in [2.05, 4.69) is 10.2 Å². The van der Waals surface area contributed by atoms with Crippen LogP contribution >= 0.6 is 0 Å². The molecule has 1 N–H and O–H groups in total. The standard InChI is InChI=1S/C14H19N3O3/c1-20-14-3-2-13(17(18)19)4-10(14)7-16-8-11-5-15-6-12(11)9-16/h2-4,11-12,15H,5-9H2,1H3. The summed E-state index contributed by atoms with van der Waals surface area (Å²) in [6.07, 6.45) is 0. The van der Waals surface area contributed by atoms with Crippen molar-refractivity contribution in [2.75, 3.05) is 33.3 Å². The van der Waals surface area contributed by atoms with E-state index in [0.717, 1.165) is 55.9 Å². The summed E-state index contributed by atoms with van der Waals surface area (Å²) in [5.41, 5.74) is 1.02. The molecule has 0 bridgehead atoms. The summed E-state index contributed by atoms with van der Waals surface area (Å²) in [5, 5.41) is 14.3. The van der Waals surface area contributed by atoms with Gasteiger partial charge >= 0.3 is 0 Å². The maximum atomic E-state index is 10.9. The number of nitro benzene ring substituents is 1. The zero-order valence-electron chi connectivity index (χ0n) is 11.5. The fourth-order valence-corrected chi connectivity index (χ4v) is 3.32. The van der Waals surface area contributed by atoms with Gasteiger partial charge < -0.3 is 10.1 Å². The second-order valence-electron chi connectivity index (χ2n) is 5.63. The summed E-state index contributed by atoms with van der Waals surface area (Å²) in [6.45, 7) is 5.02. The van der Waals surface area contributed by atoms with Crippen LogP contribution < -0.4 is 10.1 Å². The first-order valence-electron chi connectivity index (χ1n) is 6.91. The van der Waals surface area contributed by atoms with Crippen LogP contribution in [0.5, 0.6) is 5.75 Å². The molecule has 20 heavy (non-hydrogen) atoms. The highest BCUT2D eigenvalue weighted by molar-refractivity contribution is 5.43. The molecule has 3 rings (SSSR count). The lowest BCUT2D eigenvalue weighted by Gasteiger charge is -2.18. The van der Waals surface area contributed by atoms with E-state index in [9.17, 15) is 10.1 Å². The third-order valence-electron chi connectivity index (χ3n) is 4.33. The average Bonchev–Trinajstić information content (AvgIpc) is 2.99. The van der Waals surface area contributed by atoms with E-state index in [1.165, 1.54) is 6.07 Å². The molecule has 0 aromatic heterocycles. The molecule has 2 unspecified atom stereocenters. The predicted octanol–water partition coefficient (Wildman–Crippen LogP) is 1.25. The van der Waals surface area contributed by atoms with E-state index in [0.29, 0.717) is 0 Å². The van der Waals surface area contributed by atoms with Crippen molar-refractivity contribution in [3.63, 3.8) is 0 Å². The van der Waals surface area contributed by atoms with Crippen molar-refractivity contribution in [3.05, 3.63) is 33.9 Å². The Kier molecular flexibility index (Phi) is 3.58. The average molecular weight is 277 g/mol. The number of hydrogen-bond acceptors (Lipinski definition) is 5.